The van der Waals surface area contributed by atoms with Gasteiger partial charge in [0.25, 0.3) is 5.56 Å². The van der Waals surface area contributed by atoms with Crippen LogP contribution in [0, 0.1) is 17.8 Å². The first-order chi connectivity index (χ1) is 13.0. The number of hydrogen-bond donors (Lipinski definition) is 2. The Morgan fingerprint density at radius 1 is 1.11 bits per heavy atom. The van der Waals surface area contributed by atoms with Crippen molar-refractivity contribution in [3.8, 4) is 0 Å². The van der Waals surface area contributed by atoms with Crippen molar-refractivity contribution < 1.29 is 4.79 Å². The summed E-state index contributed by atoms with van der Waals surface area (Å²) < 4.78 is 1.34. The van der Waals surface area contributed by atoms with E-state index in [0.29, 0.717) is 17.6 Å². The number of hydrogen-bond acceptors (Lipinski definition) is 3. The third-order valence-electron chi connectivity index (χ3n) is 6.87. The monoisotopic (exact) mass is 366 g/mol. The van der Waals surface area contributed by atoms with Gasteiger partial charge in [-0.1, -0.05) is 18.2 Å². The fourth-order valence-electron chi connectivity index (χ4n) is 6.22. The van der Waals surface area contributed by atoms with Crippen LogP contribution in [0.5, 0.6) is 0 Å². The topological polar surface area (TPSA) is 76.0 Å². The van der Waals surface area contributed by atoms with Gasteiger partial charge in [-0.3, -0.25) is 4.79 Å². The lowest BCUT2D eigenvalue weighted by Crippen LogP contribution is -2.61. The fraction of sp³-hybridized carbons (Fsp3) is 0.571. The van der Waals surface area contributed by atoms with E-state index in [2.05, 4.69) is 15.7 Å². The number of carbonyl (C=O) groups excluding carboxylic acids is 1. The normalized spacial score (nSPS) is 31.2. The summed E-state index contributed by atoms with van der Waals surface area (Å²) in [6.07, 6.45) is 7.47. The van der Waals surface area contributed by atoms with Crippen molar-refractivity contribution in [1.82, 2.24) is 20.4 Å². The zero-order valence-electron chi connectivity index (χ0n) is 15.7. The second-order valence-corrected chi connectivity index (χ2v) is 8.93. The summed E-state index contributed by atoms with van der Waals surface area (Å²) in [5.74, 6) is 2.39. The number of aryl methyl sites for hydroxylation is 1. The lowest BCUT2D eigenvalue weighted by atomic mass is 9.53. The van der Waals surface area contributed by atoms with Crippen molar-refractivity contribution in [2.24, 2.45) is 24.8 Å². The molecular formula is C21H26N4O2. The number of carbonyl (C=O) groups is 1. The Balaban J connectivity index is 1.31. The molecule has 4 aliphatic carbocycles. The quantitative estimate of drug-likeness (QED) is 0.877. The molecule has 2 amide bonds. The Morgan fingerprint density at radius 2 is 1.70 bits per heavy atom. The van der Waals surface area contributed by atoms with Gasteiger partial charge in [0, 0.05) is 18.0 Å². The Bertz CT molecular complexity index is 929. The Kier molecular flexibility index (Phi) is 3.78. The van der Waals surface area contributed by atoms with E-state index in [4.69, 9.17) is 0 Å². The zero-order chi connectivity index (χ0) is 18.6. The number of nitrogens with zero attached hydrogens (tertiary/aromatic N) is 2. The smallest absolute Gasteiger partial charge is 0.315 e. The number of fused-ring (bicyclic) bond motifs is 1. The molecule has 1 aromatic heterocycles. The molecule has 0 aliphatic heterocycles. The van der Waals surface area contributed by atoms with Crippen molar-refractivity contribution in [2.45, 2.75) is 50.6 Å². The first-order valence-electron chi connectivity index (χ1n) is 10.0. The standard InChI is InChI=1S/C21H26N4O2/c1-25-19(26)17-5-3-2-4-16(17)18(24-25)12-22-20(27)23-21-9-13-6-14(10-21)8-15(7-13)11-21/h2-5,13-15H,6-12H2,1H3,(H2,22,23,27). The molecule has 2 aromatic rings. The van der Waals surface area contributed by atoms with Crippen molar-refractivity contribution in [3.05, 3.63) is 40.3 Å². The van der Waals surface area contributed by atoms with Crippen LogP contribution in [-0.4, -0.2) is 21.4 Å². The van der Waals surface area contributed by atoms with Gasteiger partial charge in [-0.2, -0.15) is 5.10 Å². The highest BCUT2D eigenvalue weighted by molar-refractivity contribution is 5.84. The summed E-state index contributed by atoms with van der Waals surface area (Å²) in [5.41, 5.74) is 0.596. The predicted molar refractivity (Wildman–Crippen MR) is 103 cm³/mol. The first-order valence-corrected chi connectivity index (χ1v) is 10.0. The lowest BCUT2D eigenvalue weighted by molar-refractivity contribution is -0.0135. The summed E-state index contributed by atoms with van der Waals surface area (Å²) in [6, 6.07) is 7.32. The molecule has 0 atom stereocenters. The van der Waals surface area contributed by atoms with E-state index in [1.807, 2.05) is 18.2 Å². The number of aromatic nitrogens is 2. The van der Waals surface area contributed by atoms with Crippen LogP contribution >= 0.6 is 0 Å². The maximum absolute atomic E-state index is 12.7. The molecule has 1 heterocycles. The van der Waals surface area contributed by atoms with E-state index >= 15 is 0 Å². The summed E-state index contributed by atoms with van der Waals surface area (Å²) in [6.45, 7) is 0.312. The molecular weight excluding hydrogens is 340 g/mol. The van der Waals surface area contributed by atoms with Crippen molar-refractivity contribution in [1.29, 1.82) is 0 Å². The predicted octanol–water partition coefficient (Wildman–Crippen LogP) is 2.70. The van der Waals surface area contributed by atoms with E-state index in [-0.39, 0.29) is 17.1 Å². The first kappa shape index (κ1) is 16.8. The largest absolute Gasteiger partial charge is 0.333 e. The average Bonchev–Trinajstić information content (AvgIpc) is 2.62. The minimum Gasteiger partial charge on any atom is -0.333 e. The van der Waals surface area contributed by atoms with E-state index in [0.717, 1.165) is 42.4 Å². The molecule has 6 rings (SSSR count). The maximum atomic E-state index is 12.7. The molecule has 2 N–H and O–H groups in total. The fourth-order valence-corrected chi connectivity index (χ4v) is 6.22. The molecule has 0 spiro atoms. The van der Waals surface area contributed by atoms with Gasteiger partial charge in [0.2, 0.25) is 0 Å². The number of urea groups is 1. The summed E-state index contributed by atoms with van der Waals surface area (Å²) in [4.78, 5) is 24.9. The van der Waals surface area contributed by atoms with Crippen LogP contribution in [0.25, 0.3) is 10.8 Å². The minimum absolute atomic E-state index is 0.00211. The van der Waals surface area contributed by atoms with Gasteiger partial charge in [-0.25, -0.2) is 9.48 Å². The third-order valence-corrected chi connectivity index (χ3v) is 6.87. The van der Waals surface area contributed by atoms with E-state index in [1.54, 1.807) is 13.1 Å². The molecule has 4 fully saturated rings. The van der Waals surface area contributed by atoms with Crippen LogP contribution in [0.3, 0.4) is 0 Å². The van der Waals surface area contributed by atoms with Crippen LogP contribution in [0.4, 0.5) is 4.79 Å². The summed E-state index contributed by atoms with van der Waals surface area (Å²) >= 11 is 0. The molecule has 0 radical (unpaired) electrons. The van der Waals surface area contributed by atoms with Gasteiger partial charge in [0.15, 0.2) is 0 Å². The molecule has 4 bridgehead atoms. The zero-order valence-corrected chi connectivity index (χ0v) is 15.7. The van der Waals surface area contributed by atoms with Gasteiger partial charge in [0.1, 0.15) is 0 Å². The molecule has 27 heavy (non-hydrogen) atoms. The minimum atomic E-state index is -0.118. The highest BCUT2D eigenvalue weighted by Gasteiger charge is 2.51. The third kappa shape index (κ3) is 2.91. The molecule has 6 heteroatoms. The Morgan fingerprint density at radius 3 is 2.33 bits per heavy atom. The van der Waals surface area contributed by atoms with E-state index in [9.17, 15) is 9.59 Å². The average molecular weight is 366 g/mol. The molecule has 1 aromatic carbocycles. The van der Waals surface area contributed by atoms with Gasteiger partial charge in [0.05, 0.1) is 17.6 Å². The summed E-state index contributed by atoms with van der Waals surface area (Å²) in [7, 11) is 1.65. The van der Waals surface area contributed by atoms with Crippen LogP contribution in [0.15, 0.2) is 29.1 Å². The molecule has 142 valence electrons. The SMILES string of the molecule is Cn1nc(CNC(=O)NC23CC4CC(CC(C4)C2)C3)c2ccccc2c1=O. The molecule has 0 unspecified atom stereocenters. The number of nitrogens with one attached hydrogen (secondary N) is 2. The molecule has 6 nitrogen and oxygen atoms in total. The summed E-state index contributed by atoms with van der Waals surface area (Å²) in [5, 5.41) is 12.1. The highest BCUT2D eigenvalue weighted by Crippen LogP contribution is 2.55. The van der Waals surface area contributed by atoms with Crippen LogP contribution in [0.1, 0.15) is 44.2 Å². The van der Waals surface area contributed by atoms with Crippen molar-refractivity contribution in [3.63, 3.8) is 0 Å². The molecule has 0 saturated heterocycles. The number of amides is 2. The Hall–Kier alpha value is -2.37. The van der Waals surface area contributed by atoms with Crippen LogP contribution < -0.4 is 16.2 Å². The van der Waals surface area contributed by atoms with Crippen molar-refractivity contribution in [2.75, 3.05) is 0 Å². The van der Waals surface area contributed by atoms with Gasteiger partial charge < -0.3 is 10.6 Å². The highest BCUT2D eigenvalue weighted by atomic mass is 16.2. The van der Waals surface area contributed by atoms with Gasteiger partial charge >= 0.3 is 6.03 Å². The Labute approximate surface area is 158 Å². The second kappa shape index (κ2) is 6.08. The van der Waals surface area contributed by atoms with Crippen LogP contribution in [-0.2, 0) is 13.6 Å². The van der Waals surface area contributed by atoms with Gasteiger partial charge in [-0.15, -0.1) is 0 Å². The lowest BCUT2D eigenvalue weighted by Gasteiger charge is -2.56. The number of rotatable bonds is 3. The van der Waals surface area contributed by atoms with E-state index in [1.165, 1.54) is 23.9 Å². The maximum Gasteiger partial charge on any atom is 0.315 e. The number of benzene rings is 1. The van der Waals surface area contributed by atoms with Crippen molar-refractivity contribution >= 4 is 16.8 Å². The van der Waals surface area contributed by atoms with E-state index < -0.39 is 0 Å². The second-order valence-electron chi connectivity index (χ2n) is 8.93. The molecule has 4 saturated carbocycles. The van der Waals surface area contributed by atoms with Gasteiger partial charge in [-0.05, 0) is 62.3 Å². The van der Waals surface area contributed by atoms with Crippen LogP contribution in [0.2, 0.25) is 0 Å². The molecule has 4 aliphatic rings.